The molecule has 0 aliphatic heterocycles. The molecule has 3 heteroatoms. The normalized spacial score (nSPS) is 13.3. The van der Waals surface area contributed by atoms with Crippen molar-refractivity contribution in [3.05, 3.63) is 163 Å². The monoisotopic (exact) mass is 625 g/mol. The summed E-state index contributed by atoms with van der Waals surface area (Å²) < 4.78 is 0. The Kier molecular flexibility index (Phi) is 5.92. The topological polar surface area (TPSA) is 38.7 Å². The van der Waals surface area contributed by atoms with Crippen LogP contribution in [0.1, 0.15) is 25.0 Å². The van der Waals surface area contributed by atoms with Crippen LogP contribution in [0, 0.1) is 0 Å². The highest BCUT2D eigenvalue weighted by Gasteiger charge is 2.35. The summed E-state index contributed by atoms with van der Waals surface area (Å²) >= 11 is 0. The van der Waals surface area contributed by atoms with Crippen molar-refractivity contribution < 1.29 is 0 Å². The van der Waals surface area contributed by atoms with Gasteiger partial charge < -0.3 is 0 Å². The third-order valence-electron chi connectivity index (χ3n) is 10.6. The molecule has 0 atom stereocenters. The Bertz CT molecular complexity index is 2730. The maximum atomic E-state index is 5.37. The molecular formula is C46H31N3. The van der Waals surface area contributed by atoms with Crippen LogP contribution in [0.2, 0.25) is 0 Å². The minimum absolute atomic E-state index is 0.111. The van der Waals surface area contributed by atoms with E-state index in [9.17, 15) is 0 Å². The van der Waals surface area contributed by atoms with Crippen molar-refractivity contribution in [3.8, 4) is 56.2 Å². The molecule has 230 valence electrons. The van der Waals surface area contributed by atoms with Gasteiger partial charge in [-0.2, -0.15) is 0 Å². The van der Waals surface area contributed by atoms with Crippen LogP contribution in [0.4, 0.5) is 0 Å². The second kappa shape index (κ2) is 10.4. The Labute approximate surface area is 284 Å². The second-order valence-corrected chi connectivity index (χ2v) is 13.6. The molecule has 9 aromatic rings. The number of hydrogen-bond acceptors (Lipinski definition) is 3. The molecule has 49 heavy (non-hydrogen) atoms. The summed E-state index contributed by atoms with van der Waals surface area (Å²) in [4.78, 5) is 15.1. The van der Waals surface area contributed by atoms with Gasteiger partial charge in [0.05, 0.1) is 11.4 Å². The zero-order chi connectivity index (χ0) is 32.7. The van der Waals surface area contributed by atoms with E-state index in [4.69, 9.17) is 9.97 Å². The van der Waals surface area contributed by atoms with Gasteiger partial charge in [-0.1, -0.05) is 135 Å². The SMILES string of the molecule is CC1(C)c2ccccc2-c2ccc(-c3cc(-c4ccc5ccc6cccc7ccc4c5c67)nc(-c4ccccc4-c4cccnc4)n3)cc21. The average molecular weight is 626 g/mol. The van der Waals surface area contributed by atoms with Gasteiger partial charge >= 0.3 is 0 Å². The van der Waals surface area contributed by atoms with E-state index in [1.54, 1.807) is 0 Å². The Balaban J connectivity index is 1.24. The molecular weight excluding hydrogens is 595 g/mol. The molecule has 0 radical (unpaired) electrons. The summed E-state index contributed by atoms with van der Waals surface area (Å²) in [7, 11) is 0. The Morgan fingerprint density at radius 2 is 1.12 bits per heavy atom. The Hall–Kier alpha value is -6.19. The second-order valence-electron chi connectivity index (χ2n) is 13.6. The number of aromatic nitrogens is 3. The quantitative estimate of drug-likeness (QED) is 0.183. The van der Waals surface area contributed by atoms with E-state index in [-0.39, 0.29) is 5.41 Å². The minimum Gasteiger partial charge on any atom is -0.264 e. The number of pyridine rings is 1. The zero-order valence-electron chi connectivity index (χ0n) is 27.3. The molecule has 2 aromatic heterocycles. The summed E-state index contributed by atoms with van der Waals surface area (Å²) in [6.07, 6.45) is 3.72. The lowest BCUT2D eigenvalue weighted by Crippen LogP contribution is -2.14. The first-order chi connectivity index (χ1) is 24.0. The van der Waals surface area contributed by atoms with E-state index < -0.39 is 0 Å². The van der Waals surface area contributed by atoms with Gasteiger partial charge in [0, 0.05) is 40.1 Å². The summed E-state index contributed by atoms with van der Waals surface area (Å²) in [5.41, 5.74) is 12.3. The minimum atomic E-state index is -0.111. The third kappa shape index (κ3) is 4.19. The van der Waals surface area contributed by atoms with Gasteiger partial charge in [-0.15, -0.1) is 0 Å². The van der Waals surface area contributed by atoms with Crippen LogP contribution < -0.4 is 0 Å². The van der Waals surface area contributed by atoms with Crippen LogP contribution >= 0.6 is 0 Å². The highest BCUT2D eigenvalue weighted by Crippen LogP contribution is 2.50. The molecule has 0 bridgehead atoms. The Morgan fingerprint density at radius 3 is 1.94 bits per heavy atom. The van der Waals surface area contributed by atoms with Crippen LogP contribution in [0.3, 0.4) is 0 Å². The maximum Gasteiger partial charge on any atom is 0.161 e. The number of benzene rings is 7. The summed E-state index contributed by atoms with van der Waals surface area (Å²) in [5, 5.41) is 7.52. The summed E-state index contributed by atoms with van der Waals surface area (Å²) in [6.45, 7) is 4.65. The van der Waals surface area contributed by atoms with Crippen molar-refractivity contribution >= 4 is 32.3 Å². The van der Waals surface area contributed by atoms with Crippen LogP contribution in [0.15, 0.2) is 152 Å². The molecule has 2 heterocycles. The number of hydrogen-bond donors (Lipinski definition) is 0. The van der Waals surface area contributed by atoms with Crippen molar-refractivity contribution in [3.63, 3.8) is 0 Å². The van der Waals surface area contributed by atoms with Crippen molar-refractivity contribution in [1.29, 1.82) is 0 Å². The standard InChI is InChI=1S/C46H31N3/c1-46(2)39-15-6-5-13-34(39)35-21-20-31(25-40(35)46)41-26-42(49-45(48-41)38-14-4-3-12-33(38)32-11-8-24-47-27-32)36-22-18-30-17-16-28-9-7-10-29-19-23-37(36)44(30)43(28)29/h3-27H,1-2H3. The van der Waals surface area contributed by atoms with Crippen LogP contribution in [0.5, 0.6) is 0 Å². The van der Waals surface area contributed by atoms with E-state index in [0.717, 1.165) is 39.2 Å². The van der Waals surface area contributed by atoms with Gasteiger partial charge in [0.15, 0.2) is 5.82 Å². The molecule has 10 rings (SSSR count). The lowest BCUT2D eigenvalue weighted by molar-refractivity contribution is 0.660. The van der Waals surface area contributed by atoms with Gasteiger partial charge in [0.2, 0.25) is 0 Å². The van der Waals surface area contributed by atoms with Crippen LogP contribution in [0.25, 0.3) is 88.5 Å². The summed E-state index contributed by atoms with van der Waals surface area (Å²) in [5.74, 6) is 0.695. The van der Waals surface area contributed by atoms with Gasteiger partial charge in [0.1, 0.15) is 0 Å². The molecule has 1 aliphatic rings. The van der Waals surface area contributed by atoms with Gasteiger partial charge in [-0.05, 0) is 78.3 Å². The highest BCUT2D eigenvalue weighted by molar-refractivity contribution is 6.25. The number of rotatable bonds is 4. The maximum absolute atomic E-state index is 5.37. The van der Waals surface area contributed by atoms with E-state index in [0.29, 0.717) is 5.82 Å². The first-order valence-electron chi connectivity index (χ1n) is 16.9. The fraction of sp³-hybridized carbons (Fsp3) is 0.0652. The molecule has 0 spiro atoms. The highest BCUT2D eigenvalue weighted by atomic mass is 14.9. The van der Waals surface area contributed by atoms with Crippen LogP contribution in [-0.4, -0.2) is 15.0 Å². The molecule has 0 saturated heterocycles. The van der Waals surface area contributed by atoms with Gasteiger partial charge in [-0.3, -0.25) is 4.98 Å². The fourth-order valence-electron chi connectivity index (χ4n) is 8.13. The predicted octanol–water partition coefficient (Wildman–Crippen LogP) is 11.7. The molecule has 0 saturated carbocycles. The largest absolute Gasteiger partial charge is 0.264 e. The molecule has 3 nitrogen and oxygen atoms in total. The van der Waals surface area contributed by atoms with Crippen molar-refractivity contribution in [2.45, 2.75) is 19.3 Å². The first-order valence-corrected chi connectivity index (χ1v) is 16.9. The van der Waals surface area contributed by atoms with Crippen LogP contribution in [-0.2, 0) is 5.41 Å². The lowest BCUT2D eigenvalue weighted by Gasteiger charge is -2.22. The molecule has 0 fully saturated rings. The van der Waals surface area contributed by atoms with Crippen molar-refractivity contribution in [2.24, 2.45) is 0 Å². The molecule has 0 amide bonds. The number of fused-ring (bicyclic) bond motifs is 3. The van der Waals surface area contributed by atoms with E-state index in [1.807, 2.05) is 18.5 Å². The van der Waals surface area contributed by atoms with E-state index in [2.05, 4.69) is 152 Å². The van der Waals surface area contributed by atoms with Gasteiger partial charge in [0.25, 0.3) is 0 Å². The Morgan fingerprint density at radius 1 is 0.449 bits per heavy atom. The zero-order valence-corrected chi connectivity index (χ0v) is 27.3. The van der Waals surface area contributed by atoms with E-state index in [1.165, 1.54) is 54.6 Å². The molecule has 0 unspecified atom stereocenters. The predicted molar refractivity (Wildman–Crippen MR) is 203 cm³/mol. The average Bonchev–Trinajstić information content (AvgIpc) is 3.39. The van der Waals surface area contributed by atoms with Crippen molar-refractivity contribution in [2.75, 3.05) is 0 Å². The lowest BCUT2D eigenvalue weighted by atomic mass is 9.82. The third-order valence-corrected chi connectivity index (χ3v) is 10.6. The van der Waals surface area contributed by atoms with Gasteiger partial charge in [-0.25, -0.2) is 9.97 Å². The summed E-state index contributed by atoms with van der Waals surface area (Å²) in [6, 6.07) is 50.3. The molecule has 1 aliphatic carbocycles. The number of nitrogens with zero attached hydrogens (tertiary/aromatic N) is 3. The molecule has 0 N–H and O–H groups in total. The van der Waals surface area contributed by atoms with E-state index >= 15 is 0 Å². The smallest absolute Gasteiger partial charge is 0.161 e. The molecule has 7 aromatic carbocycles. The first kappa shape index (κ1) is 27.9. The van der Waals surface area contributed by atoms with Crippen molar-refractivity contribution in [1.82, 2.24) is 15.0 Å². The fourth-order valence-corrected chi connectivity index (χ4v) is 8.13.